The summed E-state index contributed by atoms with van der Waals surface area (Å²) in [7, 11) is 0. The van der Waals surface area contributed by atoms with Crippen LogP contribution in [0.5, 0.6) is 0 Å². The van der Waals surface area contributed by atoms with Crippen molar-refractivity contribution in [3.05, 3.63) is 34.6 Å². The summed E-state index contributed by atoms with van der Waals surface area (Å²) in [6, 6.07) is 4.79. The highest BCUT2D eigenvalue weighted by atomic mass is 35.5. The van der Waals surface area contributed by atoms with Crippen LogP contribution in [0.25, 0.3) is 0 Å². The van der Waals surface area contributed by atoms with Crippen LogP contribution in [0.3, 0.4) is 0 Å². The van der Waals surface area contributed by atoms with E-state index in [0.717, 1.165) is 6.42 Å². The van der Waals surface area contributed by atoms with Crippen LogP contribution in [0.1, 0.15) is 32.8 Å². The molecule has 116 valence electrons. The number of carbonyl (C=O) groups excluding carboxylic acids is 1. The average molecular weight is 315 g/mol. The van der Waals surface area contributed by atoms with Crippen LogP contribution in [0.4, 0.5) is 9.18 Å². The first-order chi connectivity index (χ1) is 9.74. The summed E-state index contributed by atoms with van der Waals surface area (Å²) in [5, 5.41) is 6.36. The molecule has 0 aliphatic heterocycles. The lowest BCUT2D eigenvalue weighted by Gasteiger charge is -2.19. The van der Waals surface area contributed by atoms with Gasteiger partial charge in [0.1, 0.15) is 11.4 Å². The van der Waals surface area contributed by atoms with E-state index < -0.39 is 11.7 Å². The molecule has 2 unspecified atom stereocenters. The molecule has 21 heavy (non-hydrogen) atoms. The molecule has 2 N–H and O–H groups in total. The third-order valence-corrected chi connectivity index (χ3v) is 3.30. The molecule has 6 heteroatoms. The van der Waals surface area contributed by atoms with Crippen LogP contribution in [-0.4, -0.2) is 23.8 Å². The molecule has 1 aliphatic rings. The van der Waals surface area contributed by atoms with Gasteiger partial charge in [0.05, 0.1) is 0 Å². The number of hydrogen-bond acceptors (Lipinski definition) is 3. The summed E-state index contributed by atoms with van der Waals surface area (Å²) in [6.45, 7) is 5.86. The van der Waals surface area contributed by atoms with Crippen molar-refractivity contribution < 1.29 is 13.9 Å². The molecular weight excluding hydrogens is 295 g/mol. The highest BCUT2D eigenvalue weighted by molar-refractivity contribution is 6.30. The van der Waals surface area contributed by atoms with Gasteiger partial charge in [-0.15, -0.1) is 0 Å². The van der Waals surface area contributed by atoms with E-state index in [0.29, 0.717) is 17.1 Å². The molecule has 1 aromatic rings. The summed E-state index contributed by atoms with van der Waals surface area (Å²) >= 11 is 5.70. The Labute approximate surface area is 129 Å². The molecule has 1 aliphatic carbocycles. The minimum atomic E-state index is -0.506. The maximum Gasteiger partial charge on any atom is 0.407 e. The molecule has 0 heterocycles. The highest BCUT2D eigenvalue weighted by Gasteiger charge is 2.38. The molecule has 1 amide bonds. The van der Waals surface area contributed by atoms with Gasteiger partial charge in [-0.1, -0.05) is 17.7 Å². The number of nitrogens with one attached hydrogen (secondary N) is 2. The van der Waals surface area contributed by atoms with Crippen molar-refractivity contribution in [2.45, 2.75) is 51.4 Å². The quantitative estimate of drug-likeness (QED) is 0.897. The van der Waals surface area contributed by atoms with Gasteiger partial charge < -0.3 is 15.4 Å². The zero-order valence-electron chi connectivity index (χ0n) is 12.4. The largest absolute Gasteiger partial charge is 0.444 e. The summed E-state index contributed by atoms with van der Waals surface area (Å²) in [5.74, 6) is -0.327. The molecule has 1 aromatic carbocycles. The van der Waals surface area contributed by atoms with Gasteiger partial charge >= 0.3 is 6.09 Å². The first kappa shape index (κ1) is 16.0. The van der Waals surface area contributed by atoms with Gasteiger partial charge in [-0.3, -0.25) is 0 Å². The molecule has 4 nitrogen and oxygen atoms in total. The lowest BCUT2D eigenvalue weighted by molar-refractivity contribution is 0.0522. The maximum atomic E-state index is 13.6. The number of rotatable bonds is 4. The van der Waals surface area contributed by atoms with Crippen molar-refractivity contribution in [2.75, 3.05) is 0 Å². The van der Waals surface area contributed by atoms with E-state index in [1.165, 1.54) is 6.07 Å². The van der Waals surface area contributed by atoms with E-state index in [4.69, 9.17) is 16.3 Å². The molecular formula is C15H20ClFN2O2. The Balaban J connectivity index is 1.74. The summed E-state index contributed by atoms with van der Waals surface area (Å²) in [4.78, 5) is 11.6. The second-order valence-corrected chi connectivity index (χ2v) is 6.65. The van der Waals surface area contributed by atoms with Gasteiger partial charge in [0, 0.05) is 29.2 Å². The van der Waals surface area contributed by atoms with Crippen LogP contribution in [-0.2, 0) is 11.3 Å². The molecule has 0 aromatic heterocycles. The number of ether oxygens (including phenoxy) is 1. The van der Waals surface area contributed by atoms with E-state index in [9.17, 15) is 9.18 Å². The van der Waals surface area contributed by atoms with Crippen molar-refractivity contribution in [3.63, 3.8) is 0 Å². The molecule has 0 saturated heterocycles. The fourth-order valence-electron chi connectivity index (χ4n) is 1.95. The minimum absolute atomic E-state index is 0.0372. The van der Waals surface area contributed by atoms with E-state index >= 15 is 0 Å². The minimum Gasteiger partial charge on any atom is -0.444 e. The Morgan fingerprint density at radius 3 is 2.76 bits per heavy atom. The highest BCUT2D eigenvalue weighted by Crippen LogP contribution is 2.23. The van der Waals surface area contributed by atoms with Gasteiger partial charge in [0.15, 0.2) is 0 Å². The van der Waals surface area contributed by atoms with Crippen molar-refractivity contribution in [2.24, 2.45) is 0 Å². The number of carbonyl (C=O) groups is 1. The number of hydrogen-bond donors (Lipinski definition) is 2. The summed E-state index contributed by atoms with van der Waals surface area (Å²) < 4.78 is 18.8. The average Bonchev–Trinajstić information content (AvgIpc) is 3.03. The van der Waals surface area contributed by atoms with Gasteiger partial charge in [0.2, 0.25) is 0 Å². The lowest BCUT2D eigenvalue weighted by atomic mass is 10.2. The zero-order chi connectivity index (χ0) is 15.6. The van der Waals surface area contributed by atoms with Crippen LogP contribution in [0.2, 0.25) is 5.02 Å². The van der Waals surface area contributed by atoms with Gasteiger partial charge in [-0.25, -0.2) is 9.18 Å². The van der Waals surface area contributed by atoms with Gasteiger partial charge in [-0.05, 0) is 39.3 Å². The van der Waals surface area contributed by atoms with E-state index in [-0.39, 0.29) is 17.9 Å². The second-order valence-electron chi connectivity index (χ2n) is 6.21. The number of alkyl carbamates (subject to hydrolysis) is 1. The molecule has 2 atom stereocenters. The lowest BCUT2D eigenvalue weighted by Crippen LogP contribution is -2.36. The van der Waals surface area contributed by atoms with E-state index in [2.05, 4.69) is 10.6 Å². The van der Waals surface area contributed by atoms with Crippen molar-refractivity contribution in [3.8, 4) is 0 Å². The zero-order valence-corrected chi connectivity index (χ0v) is 13.1. The van der Waals surface area contributed by atoms with E-state index in [1.807, 2.05) is 20.8 Å². The summed E-state index contributed by atoms with van der Waals surface area (Å²) in [5.41, 5.74) is 0.0521. The molecule has 0 radical (unpaired) electrons. The van der Waals surface area contributed by atoms with Crippen LogP contribution in [0.15, 0.2) is 18.2 Å². The molecule has 1 saturated carbocycles. The first-order valence-corrected chi connectivity index (χ1v) is 7.29. The number of benzene rings is 1. The number of halogens is 2. The Kier molecular flexibility index (Phi) is 4.74. The standard InChI is InChI=1S/C15H20ClFN2O2/c1-15(2,3)21-14(20)19-13-7-12(13)18-8-9-4-5-10(16)6-11(9)17/h4-6,12-13,18H,7-8H2,1-3H3,(H,19,20). The van der Waals surface area contributed by atoms with Gasteiger partial charge in [-0.2, -0.15) is 0 Å². The molecule has 0 spiro atoms. The Bertz CT molecular complexity index is 531. The van der Waals surface area contributed by atoms with Crippen LogP contribution in [0, 0.1) is 5.82 Å². The normalized spacial score (nSPS) is 21.0. The third kappa shape index (κ3) is 5.17. The monoisotopic (exact) mass is 314 g/mol. The van der Waals surface area contributed by atoms with Crippen molar-refractivity contribution in [1.82, 2.24) is 10.6 Å². The van der Waals surface area contributed by atoms with Crippen molar-refractivity contribution in [1.29, 1.82) is 0 Å². The molecule has 2 rings (SSSR count). The predicted octanol–water partition coefficient (Wildman–Crippen LogP) is 3.23. The second kappa shape index (κ2) is 6.20. The Hall–Kier alpha value is -1.33. The van der Waals surface area contributed by atoms with Crippen LogP contribution >= 0.6 is 11.6 Å². The third-order valence-electron chi connectivity index (χ3n) is 3.06. The SMILES string of the molecule is CC(C)(C)OC(=O)NC1CC1NCc1ccc(Cl)cc1F. The van der Waals surface area contributed by atoms with Crippen molar-refractivity contribution >= 4 is 17.7 Å². The predicted molar refractivity (Wildman–Crippen MR) is 79.8 cm³/mol. The number of amides is 1. The fourth-order valence-corrected chi connectivity index (χ4v) is 2.10. The maximum absolute atomic E-state index is 13.6. The van der Waals surface area contributed by atoms with Gasteiger partial charge in [0.25, 0.3) is 0 Å². The fraction of sp³-hybridized carbons (Fsp3) is 0.533. The molecule has 0 bridgehead atoms. The molecule has 1 fully saturated rings. The Morgan fingerprint density at radius 1 is 1.43 bits per heavy atom. The topological polar surface area (TPSA) is 50.4 Å². The summed E-state index contributed by atoms with van der Waals surface area (Å²) in [6.07, 6.45) is 0.392. The smallest absolute Gasteiger partial charge is 0.407 e. The Morgan fingerprint density at radius 2 is 2.14 bits per heavy atom. The van der Waals surface area contributed by atoms with Crippen LogP contribution < -0.4 is 10.6 Å². The first-order valence-electron chi connectivity index (χ1n) is 6.91. The van der Waals surface area contributed by atoms with E-state index in [1.54, 1.807) is 12.1 Å².